The number of rotatable bonds is 5. The first kappa shape index (κ1) is 12.6. The normalized spacial score (nSPS) is 13.5. The molecule has 1 aromatic rings. The molecule has 1 N–H and O–H groups in total. The van der Waals surface area contributed by atoms with Gasteiger partial charge in [0.25, 0.3) is 0 Å². The van der Waals surface area contributed by atoms with Crippen molar-refractivity contribution in [2.45, 2.75) is 25.7 Å². The highest BCUT2D eigenvalue weighted by Crippen LogP contribution is 2.32. The van der Waals surface area contributed by atoms with E-state index in [-0.39, 0.29) is 0 Å². The van der Waals surface area contributed by atoms with E-state index in [9.17, 15) is 0 Å². The van der Waals surface area contributed by atoms with Gasteiger partial charge in [0.1, 0.15) is 0 Å². The molecule has 0 bridgehead atoms. The maximum absolute atomic E-state index is 8.44. The lowest BCUT2D eigenvalue weighted by Crippen LogP contribution is -2.02. The Hall–Kier alpha value is -1.89. The predicted molar refractivity (Wildman–Crippen MR) is 70.0 cm³/mol. The lowest BCUT2D eigenvalue weighted by Gasteiger charge is -2.10. The zero-order valence-electron chi connectivity index (χ0n) is 10.4. The third-order valence-corrected chi connectivity index (χ3v) is 2.79. The first-order valence-electron chi connectivity index (χ1n) is 6.40. The second-order valence-electron chi connectivity index (χ2n) is 4.25. The quantitative estimate of drug-likeness (QED) is 0.811. The Kier molecular flexibility index (Phi) is 4.71. The minimum absolute atomic E-state index is 0.628. The van der Waals surface area contributed by atoms with Gasteiger partial charge in [-0.25, -0.2) is 0 Å². The maximum Gasteiger partial charge on any atom is 0.163 e. The summed E-state index contributed by atoms with van der Waals surface area (Å²) in [6, 6.07) is 8.07. The third kappa shape index (κ3) is 3.56. The molecule has 0 aromatic heterocycles. The molecule has 1 aromatic carbocycles. The molecule has 0 spiro atoms. The van der Waals surface area contributed by atoms with Gasteiger partial charge in [-0.05, 0) is 25.0 Å². The average molecular weight is 246 g/mol. The van der Waals surface area contributed by atoms with Crippen LogP contribution >= 0.6 is 0 Å². The summed E-state index contributed by atoms with van der Waals surface area (Å²) in [5.41, 5.74) is 1.04. The van der Waals surface area contributed by atoms with E-state index in [1.54, 1.807) is 0 Å². The van der Waals surface area contributed by atoms with Crippen LogP contribution < -0.4 is 14.8 Å². The molecule has 4 heteroatoms. The standard InChI is InChI=1S/C14H18N2O2/c15-7-2-1-3-8-16-12-5-6-13-14(11-12)18-10-4-9-17-13/h5-6,11,16H,1-4,8-10H2. The fourth-order valence-electron chi connectivity index (χ4n) is 1.84. The summed E-state index contributed by atoms with van der Waals surface area (Å²) in [6.07, 6.45) is 3.49. The average Bonchev–Trinajstić information content (AvgIpc) is 2.63. The minimum Gasteiger partial charge on any atom is -0.490 e. The van der Waals surface area contributed by atoms with E-state index in [4.69, 9.17) is 14.7 Å². The fraction of sp³-hybridized carbons (Fsp3) is 0.500. The van der Waals surface area contributed by atoms with Crippen molar-refractivity contribution in [3.63, 3.8) is 0 Å². The number of hydrogen-bond donors (Lipinski definition) is 1. The third-order valence-electron chi connectivity index (χ3n) is 2.79. The number of nitriles is 1. The van der Waals surface area contributed by atoms with Crippen LogP contribution in [-0.4, -0.2) is 19.8 Å². The van der Waals surface area contributed by atoms with Gasteiger partial charge in [-0.3, -0.25) is 0 Å². The molecule has 0 saturated carbocycles. The number of unbranched alkanes of at least 4 members (excludes halogenated alkanes) is 2. The predicted octanol–water partition coefficient (Wildman–Crippen LogP) is 2.95. The molecule has 4 nitrogen and oxygen atoms in total. The van der Waals surface area contributed by atoms with Crippen molar-refractivity contribution in [1.82, 2.24) is 0 Å². The molecular weight excluding hydrogens is 228 g/mol. The van der Waals surface area contributed by atoms with Crippen LogP contribution in [0.1, 0.15) is 25.7 Å². The van der Waals surface area contributed by atoms with E-state index in [1.807, 2.05) is 18.2 Å². The van der Waals surface area contributed by atoms with Crippen molar-refractivity contribution in [1.29, 1.82) is 5.26 Å². The van der Waals surface area contributed by atoms with Crippen LogP contribution in [0.2, 0.25) is 0 Å². The Labute approximate surface area is 108 Å². The SMILES string of the molecule is N#CCCCCNc1ccc2c(c1)OCCCO2. The number of nitrogens with zero attached hydrogens (tertiary/aromatic N) is 1. The van der Waals surface area contributed by atoms with E-state index in [2.05, 4.69) is 11.4 Å². The molecule has 0 radical (unpaired) electrons. The second kappa shape index (κ2) is 6.75. The van der Waals surface area contributed by atoms with Gasteiger partial charge in [-0.15, -0.1) is 0 Å². The van der Waals surface area contributed by atoms with Crippen molar-refractivity contribution < 1.29 is 9.47 Å². The highest BCUT2D eigenvalue weighted by Gasteiger charge is 2.10. The van der Waals surface area contributed by atoms with E-state index < -0.39 is 0 Å². The molecule has 1 heterocycles. The van der Waals surface area contributed by atoms with Crippen LogP contribution in [0, 0.1) is 11.3 Å². The number of hydrogen-bond acceptors (Lipinski definition) is 4. The first-order chi connectivity index (χ1) is 8.90. The molecule has 1 aliphatic heterocycles. The molecule has 96 valence electrons. The molecule has 0 amide bonds. The lowest BCUT2D eigenvalue weighted by atomic mass is 10.2. The van der Waals surface area contributed by atoms with Gasteiger partial charge in [-0.1, -0.05) is 0 Å². The first-order valence-corrected chi connectivity index (χ1v) is 6.40. The Morgan fingerprint density at radius 2 is 2.00 bits per heavy atom. The highest BCUT2D eigenvalue weighted by atomic mass is 16.5. The van der Waals surface area contributed by atoms with Gasteiger partial charge in [0.2, 0.25) is 0 Å². The van der Waals surface area contributed by atoms with Crippen LogP contribution in [0.15, 0.2) is 18.2 Å². The van der Waals surface area contributed by atoms with Crippen LogP contribution in [0.5, 0.6) is 11.5 Å². The molecule has 0 atom stereocenters. The van der Waals surface area contributed by atoms with Gasteiger partial charge in [-0.2, -0.15) is 5.26 Å². The topological polar surface area (TPSA) is 54.3 Å². The van der Waals surface area contributed by atoms with Gasteiger partial charge in [0.05, 0.1) is 19.3 Å². The van der Waals surface area contributed by atoms with Crippen molar-refractivity contribution >= 4 is 5.69 Å². The van der Waals surface area contributed by atoms with Crippen LogP contribution in [0.25, 0.3) is 0 Å². The minimum atomic E-state index is 0.628. The molecule has 0 aliphatic carbocycles. The number of benzene rings is 1. The number of nitrogens with one attached hydrogen (secondary N) is 1. The summed E-state index contributed by atoms with van der Waals surface area (Å²) in [5, 5.41) is 11.8. The monoisotopic (exact) mass is 246 g/mol. The van der Waals surface area contributed by atoms with Crippen LogP contribution in [0.4, 0.5) is 5.69 Å². The largest absolute Gasteiger partial charge is 0.490 e. The van der Waals surface area contributed by atoms with Gasteiger partial charge in [0, 0.05) is 31.1 Å². The summed E-state index contributed by atoms with van der Waals surface area (Å²) in [4.78, 5) is 0. The Bertz CT molecular complexity index is 426. The smallest absolute Gasteiger partial charge is 0.163 e. The number of ether oxygens (including phenoxy) is 2. The van der Waals surface area contributed by atoms with Crippen LogP contribution in [0.3, 0.4) is 0 Å². The van der Waals surface area contributed by atoms with Gasteiger partial charge < -0.3 is 14.8 Å². The fourth-order valence-corrected chi connectivity index (χ4v) is 1.84. The van der Waals surface area contributed by atoms with Gasteiger partial charge >= 0.3 is 0 Å². The molecule has 2 rings (SSSR count). The number of fused-ring (bicyclic) bond motifs is 1. The number of anilines is 1. The molecule has 0 unspecified atom stereocenters. The van der Waals surface area contributed by atoms with E-state index in [0.29, 0.717) is 19.6 Å². The molecule has 1 aliphatic rings. The summed E-state index contributed by atoms with van der Waals surface area (Å²) in [5.74, 6) is 1.64. The van der Waals surface area contributed by atoms with Gasteiger partial charge in [0.15, 0.2) is 11.5 Å². The van der Waals surface area contributed by atoms with E-state index >= 15 is 0 Å². The van der Waals surface area contributed by atoms with Crippen LogP contribution in [-0.2, 0) is 0 Å². The lowest BCUT2D eigenvalue weighted by molar-refractivity contribution is 0.297. The zero-order valence-corrected chi connectivity index (χ0v) is 10.4. The highest BCUT2D eigenvalue weighted by molar-refractivity contribution is 5.54. The van der Waals surface area contributed by atoms with Crippen molar-refractivity contribution in [3.05, 3.63) is 18.2 Å². The van der Waals surface area contributed by atoms with Crippen molar-refractivity contribution in [3.8, 4) is 17.6 Å². The summed E-state index contributed by atoms with van der Waals surface area (Å²) < 4.78 is 11.2. The maximum atomic E-state index is 8.44. The molecule has 0 saturated heterocycles. The Morgan fingerprint density at radius 3 is 2.83 bits per heavy atom. The molecular formula is C14H18N2O2. The van der Waals surface area contributed by atoms with E-state index in [1.165, 1.54) is 0 Å². The second-order valence-corrected chi connectivity index (χ2v) is 4.25. The Balaban J connectivity index is 1.86. The van der Waals surface area contributed by atoms with Crippen molar-refractivity contribution in [2.75, 3.05) is 25.1 Å². The molecule has 0 fully saturated rings. The van der Waals surface area contributed by atoms with Crippen molar-refractivity contribution in [2.24, 2.45) is 0 Å². The zero-order chi connectivity index (χ0) is 12.6. The summed E-state index contributed by atoms with van der Waals surface area (Å²) in [6.45, 7) is 2.30. The molecule has 18 heavy (non-hydrogen) atoms. The summed E-state index contributed by atoms with van der Waals surface area (Å²) in [7, 11) is 0. The summed E-state index contributed by atoms with van der Waals surface area (Å²) >= 11 is 0. The van der Waals surface area contributed by atoms with E-state index in [0.717, 1.165) is 43.0 Å². The Morgan fingerprint density at radius 1 is 1.17 bits per heavy atom.